The second kappa shape index (κ2) is 7.18. The van der Waals surface area contributed by atoms with Crippen LogP contribution >= 0.6 is 0 Å². The average molecular weight is 326 g/mol. The van der Waals surface area contributed by atoms with Gasteiger partial charge in [0.15, 0.2) is 0 Å². The number of carbonyl (C=O) groups excluding carboxylic acids is 1. The molecule has 5 heteroatoms. The van der Waals surface area contributed by atoms with Gasteiger partial charge in [0.25, 0.3) is 0 Å². The second-order valence-corrected chi connectivity index (χ2v) is 6.75. The summed E-state index contributed by atoms with van der Waals surface area (Å²) in [6.07, 6.45) is 1.05. The Kier molecular flexibility index (Phi) is 5.00. The maximum absolute atomic E-state index is 12.2. The molecule has 0 saturated carbocycles. The molecular weight excluding hydrogens is 300 g/mol. The van der Waals surface area contributed by atoms with Crippen molar-refractivity contribution in [3.63, 3.8) is 0 Å². The van der Waals surface area contributed by atoms with Crippen molar-refractivity contribution in [1.29, 1.82) is 0 Å². The molecule has 1 saturated heterocycles. The van der Waals surface area contributed by atoms with Crippen LogP contribution in [0, 0.1) is 20.8 Å². The number of hydrogen-bond donors (Lipinski definition) is 1. The van der Waals surface area contributed by atoms with E-state index < -0.39 is 0 Å². The third kappa shape index (κ3) is 3.85. The number of rotatable bonds is 5. The predicted molar refractivity (Wildman–Crippen MR) is 94.8 cm³/mol. The minimum atomic E-state index is 0.0901. The summed E-state index contributed by atoms with van der Waals surface area (Å²) in [5.74, 6) is 0.0901. The van der Waals surface area contributed by atoms with E-state index in [1.165, 1.54) is 16.8 Å². The molecule has 1 aliphatic heterocycles. The number of nitrogens with zero attached hydrogens (tertiary/aromatic N) is 3. The monoisotopic (exact) mass is 326 g/mol. The topological polar surface area (TPSA) is 50.2 Å². The molecule has 0 aliphatic carbocycles. The van der Waals surface area contributed by atoms with Gasteiger partial charge in [-0.15, -0.1) is 0 Å². The van der Waals surface area contributed by atoms with Crippen molar-refractivity contribution in [2.75, 3.05) is 19.6 Å². The molecule has 1 aromatic carbocycles. The Hall–Kier alpha value is -2.14. The molecule has 0 spiro atoms. The highest BCUT2D eigenvalue weighted by molar-refractivity contribution is 5.78. The molecule has 0 unspecified atom stereocenters. The lowest BCUT2D eigenvalue weighted by Crippen LogP contribution is -2.36. The van der Waals surface area contributed by atoms with Gasteiger partial charge in [-0.2, -0.15) is 5.10 Å². The maximum Gasteiger partial charge on any atom is 0.234 e. The summed E-state index contributed by atoms with van der Waals surface area (Å²) in [6, 6.07) is 10.6. The van der Waals surface area contributed by atoms with Crippen molar-refractivity contribution in [1.82, 2.24) is 20.0 Å². The Morgan fingerprint density at radius 3 is 2.79 bits per heavy atom. The lowest BCUT2D eigenvalue weighted by atomic mass is 10.1. The Labute approximate surface area is 143 Å². The molecule has 1 aliphatic rings. The first-order valence-corrected chi connectivity index (χ1v) is 8.59. The summed E-state index contributed by atoms with van der Waals surface area (Å²) in [5.41, 5.74) is 4.64. The molecule has 24 heavy (non-hydrogen) atoms. The number of hydrogen-bond acceptors (Lipinski definition) is 3. The minimum Gasteiger partial charge on any atom is -0.351 e. The quantitative estimate of drug-likeness (QED) is 0.918. The molecule has 5 nitrogen and oxygen atoms in total. The van der Waals surface area contributed by atoms with Crippen LogP contribution in [-0.4, -0.2) is 40.2 Å². The van der Waals surface area contributed by atoms with Crippen molar-refractivity contribution >= 4 is 5.91 Å². The third-order valence-electron chi connectivity index (χ3n) is 4.74. The normalized spacial score (nSPS) is 18.0. The fraction of sp³-hybridized carbons (Fsp3) is 0.474. The highest BCUT2D eigenvalue weighted by atomic mass is 16.2. The van der Waals surface area contributed by atoms with Crippen LogP contribution in [0.3, 0.4) is 0 Å². The molecule has 0 radical (unpaired) electrons. The van der Waals surface area contributed by atoms with Crippen LogP contribution in [0.5, 0.6) is 0 Å². The molecule has 2 heterocycles. The Bertz CT molecular complexity index is 722. The van der Waals surface area contributed by atoms with Gasteiger partial charge in [0, 0.05) is 25.3 Å². The average Bonchev–Trinajstić information content (AvgIpc) is 3.12. The Balaban J connectivity index is 1.49. The van der Waals surface area contributed by atoms with Crippen molar-refractivity contribution in [2.24, 2.45) is 0 Å². The summed E-state index contributed by atoms with van der Waals surface area (Å²) < 4.78 is 2.11. The van der Waals surface area contributed by atoms with Gasteiger partial charge in [-0.25, -0.2) is 0 Å². The fourth-order valence-electron chi connectivity index (χ4n) is 3.43. The zero-order valence-corrected chi connectivity index (χ0v) is 14.7. The number of likely N-dealkylation sites (tertiary alicyclic amines) is 1. The number of benzene rings is 1. The number of amides is 1. The molecule has 1 aromatic heterocycles. The highest BCUT2D eigenvalue weighted by Crippen LogP contribution is 2.22. The number of nitrogens with one attached hydrogen (secondary N) is 1. The lowest BCUT2D eigenvalue weighted by Gasteiger charge is -2.17. The van der Waals surface area contributed by atoms with E-state index in [2.05, 4.69) is 52.0 Å². The molecule has 128 valence electrons. The van der Waals surface area contributed by atoms with Crippen LogP contribution in [0.25, 0.3) is 0 Å². The standard InChI is InChI=1S/C19H26N4O/c1-14-6-4-5-7-17(14)11-20-19(24)13-22-9-8-18(12-22)23-16(3)10-15(2)21-23/h4-7,10,18H,8-9,11-13H2,1-3H3,(H,20,24)/t18-/m1/s1. The van der Waals surface area contributed by atoms with E-state index in [1.807, 2.05) is 19.1 Å². The zero-order valence-electron chi connectivity index (χ0n) is 14.7. The first kappa shape index (κ1) is 16.7. The van der Waals surface area contributed by atoms with E-state index in [-0.39, 0.29) is 5.91 Å². The van der Waals surface area contributed by atoms with Crippen LogP contribution in [-0.2, 0) is 11.3 Å². The van der Waals surface area contributed by atoms with Crippen molar-refractivity contribution < 1.29 is 4.79 Å². The summed E-state index contributed by atoms with van der Waals surface area (Å²) in [5, 5.41) is 7.61. The van der Waals surface area contributed by atoms with Crippen LogP contribution < -0.4 is 5.32 Å². The van der Waals surface area contributed by atoms with Crippen LogP contribution in [0.2, 0.25) is 0 Å². The summed E-state index contributed by atoms with van der Waals surface area (Å²) >= 11 is 0. The largest absolute Gasteiger partial charge is 0.351 e. The molecule has 1 fully saturated rings. The van der Waals surface area contributed by atoms with Gasteiger partial charge in [0.2, 0.25) is 5.91 Å². The van der Waals surface area contributed by atoms with E-state index in [9.17, 15) is 4.79 Å². The fourth-order valence-corrected chi connectivity index (χ4v) is 3.43. The SMILES string of the molecule is Cc1cc(C)n([C@@H]2CCN(CC(=O)NCc3ccccc3C)C2)n1. The van der Waals surface area contributed by atoms with Crippen molar-refractivity contribution in [2.45, 2.75) is 39.8 Å². The van der Waals surface area contributed by atoms with Gasteiger partial charge in [0.05, 0.1) is 18.3 Å². The summed E-state index contributed by atoms with van der Waals surface area (Å²) in [6.45, 7) is 9.08. The Morgan fingerprint density at radius 1 is 1.29 bits per heavy atom. The first-order valence-electron chi connectivity index (χ1n) is 8.59. The van der Waals surface area contributed by atoms with Crippen molar-refractivity contribution in [3.8, 4) is 0 Å². The maximum atomic E-state index is 12.2. The van der Waals surface area contributed by atoms with Crippen LogP contribution in [0.15, 0.2) is 30.3 Å². The third-order valence-corrected chi connectivity index (χ3v) is 4.74. The predicted octanol–water partition coefficient (Wildman–Crippen LogP) is 2.37. The van der Waals surface area contributed by atoms with E-state index in [0.29, 0.717) is 19.1 Å². The molecule has 1 N–H and O–H groups in total. The van der Waals surface area contributed by atoms with E-state index in [1.54, 1.807) is 0 Å². The number of aryl methyl sites for hydroxylation is 3. The second-order valence-electron chi connectivity index (χ2n) is 6.75. The van der Waals surface area contributed by atoms with Crippen LogP contribution in [0.1, 0.15) is 35.0 Å². The molecule has 1 amide bonds. The van der Waals surface area contributed by atoms with E-state index in [0.717, 1.165) is 25.2 Å². The molecular formula is C19H26N4O. The molecule has 2 aromatic rings. The van der Waals surface area contributed by atoms with Gasteiger partial charge in [-0.1, -0.05) is 24.3 Å². The van der Waals surface area contributed by atoms with Crippen molar-refractivity contribution in [3.05, 3.63) is 52.8 Å². The van der Waals surface area contributed by atoms with Gasteiger partial charge < -0.3 is 5.32 Å². The molecule has 0 bridgehead atoms. The van der Waals surface area contributed by atoms with Gasteiger partial charge in [-0.3, -0.25) is 14.4 Å². The van der Waals surface area contributed by atoms with Gasteiger partial charge in [-0.05, 0) is 44.4 Å². The lowest BCUT2D eigenvalue weighted by molar-refractivity contribution is -0.122. The minimum absolute atomic E-state index is 0.0901. The van der Waals surface area contributed by atoms with E-state index in [4.69, 9.17) is 0 Å². The smallest absolute Gasteiger partial charge is 0.234 e. The zero-order chi connectivity index (χ0) is 17.1. The van der Waals surface area contributed by atoms with Crippen LogP contribution in [0.4, 0.5) is 0 Å². The summed E-state index contributed by atoms with van der Waals surface area (Å²) in [4.78, 5) is 14.4. The van der Waals surface area contributed by atoms with Gasteiger partial charge in [0.1, 0.15) is 0 Å². The molecule has 1 atom stereocenters. The number of carbonyl (C=O) groups is 1. The first-order chi connectivity index (χ1) is 11.5. The van der Waals surface area contributed by atoms with Gasteiger partial charge >= 0.3 is 0 Å². The Morgan fingerprint density at radius 2 is 2.08 bits per heavy atom. The highest BCUT2D eigenvalue weighted by Gasteiger charge is 2.26. The molecule has 3 rings (SSSR count). The van der Waals surface area contributed by atoms with E-state index >= 15 is 0 Å². The number of aromatic nitrogens is 2. The summed E-state index contributed by atoms with van der Waals surface area (Å²) in [7, 11) is 0.